The molecule has 47 heavy (non-hydrogen) atoms. The molecule has 234 valence electrons. The van der Waals surface area contributed by atoms with Crippen LogP contribution in [-0.2, 0) is 21.4 Å². The standard InChI is InChI=1S/C36H26Cl2N4O4S/c37-27-15-18-32(33(38)20-27)34-22-41(28-5-4-6-29(21-28)42-23-36(43)40-47(42,44)45)35(39-34)19-24-9-11-25(12-10-24)26-13-16-31(17-14-26)46-30-7-2-1-3-8-30/h1-18,20-22H,19,23H2,(H,40,43). The second-order valence-electron chi connectivity index (χ2n) is 10.9. The molecule has 1 aliphatic rings. The van der Waals surface area contributed by atoms with Crippen LogP contribution in [0.25, 0.3) is 28.1 Å². The molecule has 1 amide bonds. The molecular formula is C36H26Cl2N4O4S. The van der Waals surface area contributed by atoms with Crippen LogP contribution in [0.1, 0.15) is 11.4 Å². The molecule has 2 heterocycles. The van der Waals surface area contributed by atoms with Crippen LogP contribution in [0.5, 0.6) is 11.5 Å². The minimum atomic E-state index is -3.97. The lowest BCUT2D eigenvalue weighted by Gasteiger charge is -2.16. The Morgan fingerprint density at radius 1 is 0.766 bits per heavy atom. The Labute approximate surface area is 282 Å². The summed E-state index contributed by atoms with van der Waals surface area (Å²) in [6.45, 7) is -0.288. The SMILES string of the molecule is O=C1CN(c2cccc(-n3cc(-c4ccc(Cl)cc4Cl)nc3Cc3ccc(-c4ccc(Oc5ccccc5)cc4)cc3)c2)S(=O)(=O)N1. The van der Waals surface area contributed by atoms with Gasteiger partial charge in [0, 0.05) is 28.9 Å². The van der Waals surface area contributed by atoms with E-state index in [1.54, 1.807) is 30.3 Å². The minimum absolute atomic E-state index is 0.288. The van der Waals surface area contributed by atoms with Crippen molar-refractivity contribution in [2.75, 3.05) is 10.8 Å². The average Bonchev–Trinajstić information content (AvgIpc) is 3.60. The molecule has 1 saturated heterocycles. The Kier molecular flexibility index (Phi) is 8.19. The lowest BCUT2D eigenvalue weighted by atomic mass is 10.0. The molecule has 1 N–H and O–H groups in total. The number of amides is 1. The van der Waals surface area contributed by atoms with Crippen molar-refractivity contribution >= 4 is 45.0 Å². The first-order valence-electron chi connectivity index (χ1n) is 14.6. The van der Waals surface area contributed by atoms with Crippen LogP contribution in [0.2, 0.25) is 10.0 Å². The maximum Gasteiger partial charge on any atom is 0.326 e. The number of ether oxygens (including phenoxy) is 1. The van der Waals surface area contributed by atoms with Gasteiger partial charge >= 0.3 is 10.2 Å². The van der Waals surface area contributed by atoms with Gasteiger partial charge in [-0.05, 0) is 77.4 Å². The molecule has 0 unspecified atom stereocenters. The number of imidazole rings is 1. The first kappa shape index (κ1) is 30.6. The van der Waals surface area contributed by atoms with E-state index in [1.807, 2.05) is 82.2 Å². The fraction of sp³-hybridized carbons (Fsp3) is 0.0556. The van der Waals surface area contributed by atoms with E-state index in [1.165, 1.54) is 0 Å². The van der Waals surface area contributed by atoms with Crippen LogP contribution >= 0.6 is 23.2 Å². The Bertz CT molecular complexity index is 2210. The van der Waals surface area contributed by atoms with Crippen molar-refractivity contribution < 1.29 is 17.9 Å². The quantitative estimate of drug-likeness (QED) is 0.175. The third kappa shape index (κ3) is 6.59. The molecule has 0 saturated carbocycles. The monoisotopic (exact) mass is 680 g/mol. The maximum atomic E-state index is 12.5. The highest BCUT2D eigenvalue weighted by atomic mass is 35.5. The van der Waals surface area contributed by atoms with E-state index < -0.39 is 16.1 Å². The van der Waals surface area contributed by atoms with Crippen molar-refractivity contribution in [2.45, 2.75) is 6.42 Å². The molecule has 11 heteroatoms. The molecule has 5 aromatic carbocycles. The molecule has 1 fully saturated rings. The zero-order valence-corrected chi connectivity index (χ0v) is 27.0. The zero-order chi connectivity index (χ0) is 32.5. The first-order valence-corrected chi connectivity index (χ1v) is 16.8. The highest BCUT2D eigenvalue weighted by molar-refractivity contribution is 7.92. The third-order valence-electron chi connectivity index (χ3n) is 7.68. The number of halogens is 2. The predicted octanol–water partition coefficient (Wildman–Crippen LogP) is 8.08. The lowest BCUT2D eigenvalue weighted by molar-refractivity contribution is -0.117. The molecule has 0 bridgehead atoms. The van der Waals surface area contributed by atoms with Gasteiger partial charge in [0.2, 0.25) is 0 Å². The first-order chi connectivity index (χ1) is 22.7. The molecule has 1 aliphatic heterocycles. The molecule has 0 spiro atoms. The maximum absolute atomic E-state index is 12.5. The van der Waals surface area contributed by atoms with Crippen LogP contribution in [0, 0.1) is 0 Å². The van der Waals surface area contributed by atoms with Gasteiger partial charge in [-0.2, -0.15) is 8.42 Å². The number of hydrogen-bond acceptors (Lipinski definition) is 5. The summed E-state index contributed by atoms with van der Waals surface area (Å²) < 4.78 is 36.0. The van der Waals surface area contributed by atoms with Crippen molar-refractivity contribution in [3.63, 3.8) is 0 Å². The summed E-state index contributed by atoms with van der Waals surface area (Å²) in [6, 6.07) is 38.0. The Morgan fingerprint density at radius 3 is 2.13 bits per heavy atom. The van der Waals surface area contributed by atoms with Crippen molar-refractivity contribution in [3.8, 4) is 39.6 Å². The van der Waals surface area contributed by atoms with Gasteiger partial charge in [-0.1, -0.05) is 83.9 Å². The number of anilines is 1. The van der Waals surface area contributed by atoms with E-state index in [2.05, 4.69) is 24.3 Å². The second-order valence-corrected chi connectivity index (χ2v) is 13.3. The summed E-state index contributed by atoms with van der Waals surface area (Å²) in [4.78, 5) is 16.9. The van der Waals surface area contributed by atoms with E-state index in [9.17, 15) is 13.2 Å². The smallest absolute Gasteiger partial charge is 0.326 e. The van der Waals surface area contributed by atoms with Crippen molar-refractivity contribution in [3.05, 3.63) is 149 Å². The van der Waals surface area contributed by atoms with Crippen LogP contribution in [0.3, 0.4) is 0 Å². The fourth-order valence-corrected chi connectivity index (χ4v) is 7.05. The number of aromatic nitrogens is 2. The summed E-state index contributed by atoms with van der Waals surface area (Å²) >= 11 is 12.7. The summed E-state index contributed by atoms with van der Waals surface area (Å²) in [6.07, 6.45) is 2.33. The zero-order valence-electron chi connectivity index (χ0n) is 24.7. The number of hydrogen-bond donors (Lipinski definition) is 1. The van der Waals surface area contributed by atoms with E-state index in [0.717, 1.165) is 32.5 Å². The van der Waals surface area contributed by atoms with Gasteiger partial charge < -0.3 is 9.30 Å². The second kappa shape index (κ2) is 12.6. The third-order valence-corrected chi connectivity index (χ3v) is 9.64. The van der Waals surface area contributed by atoms with Crippen molar-refractivity contribution in [2.24, 2.45) is 0 Å². The number of nitrogens with one attached hydrogen (secondary N) is 1. The van der Waals surface area contributed by atoms with Crippen molar-refractivity contribution in [1.82, 2.24) is 14.3 Å². The van der Waals surface area contributed by atoms with E-state index in [-0.39, 0.29) is 6.54 Å². The van der Waals surface area contributed by atoms with Gasteiger partial charge in [0.25, 0.3) is 5.91 Å². The normalized spacial score (nSPS) is 13.8. The summed E-state index contributed by atoms with van der Waals surface area (Å²) in [5, 5.41) is 0.972. The Hall–Kier alpha value is -5.09. The summed E-state index contributed by atoms with van der Waals surface area (Å²) in [7, 11) is -3.97. The summed E-state index contributed by atoms with van der Waals surface area (Å²) in [5.74, 6) is 1.66. The molecule has 0 radical (unpaired) electrons. The van der Waals surface area contributed by atoms with E-state index >= 15 is 0 Å². The highest BCUT2D eigenvalue weighted by Gasteiger charge is 2.34. The van der Waals surface area contributed by atoms with E-state index in [4.69, 9.17) is 32.9 Å². The number of para-hydroxylation sites is 1. The highest BCUT2D eigenvalue weighted by Crippen LogP contribution is 2.33. The number of nitrogens with zero attached hydrogens (tertiary/aromatic N) is 3. The fourth-order valence-electron chi connectivity index (χ4n) is 5.41. The van der Waals surface area contributed by atoms with Gasteiger partial charge in [0.05, 0.1) is 16.4 Å². The lowest BCUT2D eigenvalue weighted by Crippen LogP contribution is -2.29. The van der Waals surface area contributed by atoms with Gasteiger partial charge in [-0.3, -0.25) is 4.79 Å². The van der Waals surface area contributed by atoms with Crippen molar-refractivity contribution in [1.29, 1.82) is 0 Å². The van der Waals surface area contributed by atoms with Crippen LogP contribution in [0.4, 0.5) is 5.69 Å². The molecule has 1 aromatic heterocycles. The largest absolute Gasteiger partial charge is 0.457 e. The molecule has 7 rings (SSSR count). The Balaban J connectivity index is 1.19. The molecule has 0 atom stereocenters. The Morgan fingerprint density at radius 2 is 1.45 bits per heavy atom. The average molecular weight is 682 g/mol. The van der Waals surface area contributed by atoms with Crippen LogP contribution in [0.15, 0.2) is 128 Å². The van der Waals surface area contributed by atoms with Crippen LogP contribution in [-0.4, -0.2) is 30.4 Å². The number of carbonyl (C=O) groups is 1. The topological polar surface area (TPSA) is 93.5 Å². The summed E-state index contributed by atoms with van der Waals surface area (Å²) in [5.41, 5.74) is 5.50. The van der Waals surface area contributed by atoms with E-state index in [0.29, 0.717) is 44.9 Å². The van der Waals surface area contributed by atoms with Gasteiger partial charge in [-0.25, -0.2) is 14.0 Å². The van der Waals surface area contributed by atoms with Gasteiger partial charge in [-0.15, -0.1) is 0 Å². The minimum Gasteiger partial charge on any atom is -0.457 e. The van der Waals surface area contributed by atoms with Crippen LogP contribution < -0.4 is 13.8 Å². The van der Waals surface area contributed by atoms with Gasteiger partial charge in [0.1, 0.15) is 23.9 Å². The number of rotatable bonds is 8. The molecule has 8 nitrogen and oxygen atoms in total. The molecule has 0 aliphatic carbocycles. The predicted molar refractivity (Wildman–Crippen MR) is 185 cm³/mol. The molecular weight excluding hydrogens is 655 g/mol. The van der Waals surface area contributed by atoms with Gasteiger partial charge in [0.15, 0.2) is 0 Å². The number of carbonyl (C=O) groups excluding carboxylic acids is 1. The molecule has 6 aromatic rings. The number of benzene rings is 5.